The molecule has 0 amide bonds. The number of hydrogen-bond acceptors (Lipinski definition) is 5. The van der Waals surface area contributed by atoms with Crippen LogP contribution in [0.4, 0.5) is 0 Å². The Balaban J connectivity index is 1.83. The summed E-state index contributed by atoms with van der Waals surface area (Å²) in [6, 6.07) is 0. The fraction of sp³-hybridized carbons (Fsp3) is 0.636. The molecule has 0 aromatic carbocycles. The zero-order valence-electron chi connectivity index (χ0n) is 9.69. The fourth-order valence-electron chi connectivity index (χ4n) is 1.41. The van der Waals surface area contributed by atoms with Crippen molar-refractivity contribution in [3.8, 4) is 0 Å². The van der Waals surface area contributed by atoms with Crippen molar-refractivity contribution >= 4 is 28.3 Å². The number of aromatic nitrogens is 1. The molecular formula is C11H17N3S2. The minimum Gasteiger partial charge on any atom is -0.358 e. The van der Waals surface area contributed by atoms with Crippen LogP contribution in [0.5, 0.6) is 0 Å². The number of amidine groups is 1. The first-order valence-electron chi connectivity index (χ1n) is 5.62. The summed E-state index contributed by atoms with van der Waals surface area (Å²) in [5.41, 5.74) is 0. The van der Waals surface area contributed by atoms with Gasteiger partial charge in [0.1, 0.15) is 5.01 Å². The zero-order valence-corrected chi connectivity index (χ0v) is 11.3. The Morgan fingerprint density at radius 3 is 3.06 bits per heavy atom. The maximum Gasteiger partial charge on any atom is 0.156 e. The molecular weight excluding hydrogens is 238 g/mol. The lowest BCUT2D eigenvalue weighted by Gasteiger charge is -2.17. The molecule has 0 spiro atoms. The molecule has 0 saturated heterocycles. The van der Waals surface area contributed by atoms with Crippen molar-refractivity contribution in [2.75, 3.05) is 12.3 Å². The van der Waals surface area contributed by atoms with Crippen molar-refractivity contribution in [1.29, 1.82) is 0 Å². The van der Waals surface area contributed by atoms with Crippen molar-refractivity contribution in [2.45, 2.75) is 26.8 Å². The van der Waals surface area contributed by atoms with E-state index in [0.29, 0.717) is 5.92 Å². The van der Waals surface area contributed by atoms with E-state index in [1.165, 1.54) is 10.6 Å². The number of hydrogen-bond donors (Lipinski definition) is 1. The largest absolute Gasteiger partial charge is 0.358 e. The van der Waals surface area contributed by atoms with Gasteiger partial charge in [-0.05, 0) is 12.3 Å². The van der Waals surface area contributed by atoms with Gasteiger partial charge in [-0.2, -0.15) is 0 Å². The van der Waals surface area contributed by atoms with Crippen LogP contribution < -0.4 is 5.32 Å². The number of nitrogens with one attached hydrogen (secondary N) is 1. The average Bonchev–Trinajstić information content (AvgIpc) is 2.76. The van der Waals surface area contributed by atoms with E-state index in [1.807, 2.05) is 18.0 Å². The van der Waals surface area contributed by atoms with Crippen LogP contribution >= 0.6 is 23.1 Å². The van der Waals surface area contributed by atoms with Crippen LogP contribution in [0, 0.1) is 5.92 Å². The summed E-state index contributed by atoms with van der Waals surface area (Å²) in [5, 5.41) is 5.58. The Labute approximate surface area is 105 Å². The van der Waals surface area contributed by atoms with Crippen molar-refractivity contribution in [2.24, 2.45) is 10.9 Å². The first kappa shape index (κ1) is 11.9. The number of rotatable bonds is 3. The summed E-state index contributed by atoms with van der Waals surface area (Å²) in [7, 11) is 0. The molecule has 1 aliphatic rings. The fourth-order valence-corrected chi connectivity index (χ4v) is 3.10. The summed E-state index contributed by atoms with van der Waals surface area (Å²) in [6.07, 6.45) is 3.05. The van der Waals surface area contributed by atoms with Crippen molar-refractivity contribution < 1.29 is 0 Å². The third-order valence-corrected chi connectivity index (χ3v) is 4.82. The predicted molar refractivity (Wildman–Crippen MR) is 72.3 cm³/mol. The molecule has 5 heteroatoms. The van der Waals surface area contributed by atoms with Crippen molar-refractivity contribution in [3.05, 3.63) is 16.1 Å². The van der Waals surface area contributed by atoms with Gasteiger partial charge in [0, 0.05) is 23.4 Å². The Morgan fingerprint density at radius 2 is 2.44 bits per heavy atom. The van der Waals surface area contributed by atoms with E-state index < -0.39 is 0 Å². The Kier molecular flexibility index (Phi) is 4.23. The first-order chi connectivity index (χ1) is 7.78. The lowest BCUT2D eigenvalue weighted by atomic mass is 10.2. The number of aliphatic imine (C=N–C) groups is 1. The quantitative estimate of drug-likeness (QED) is 0.902. The van der Waals surface area contributed by atoms with E-state index in [4.69, 9.17) is 0 Å². The lowest BCUT2D eigenvalue weighted by Crippen LogP contribution is -2.25. The van der Waals surface area contributed by atoms with E-state index in [1.54, 1.807) is 11.3 Å². The van der Waals surface area contributed by atoms with Gasteiger partial charge in [-0.1, -0.05) is 25.6 Å². The van der Waals surface area contributed by atoms with E-state index in [9.17, 15) is 0 Å². The van der Waals surface area contributed by atoms with Crippen LogP contribution in [0.25, 0.3) is 0 Å². The molecule has 1 atom stereocenters. The molecule has 0 radical (unpaired) electrons. The summed E-state index contributed by atoms with van der Waals surface area (Å²) in [6.45, 7) is 6.16. The second-order valence-corrected chi connectivity index (χ2v) is 6.20. The van der Waals surface area contributed by atoms with Gasteiger partial charge in [0.15, 0.2) is 5.17 Å². The van der Waals surface area contributed by atoms with Gasteiger partial charge in [-0.25, -0.2) is 4.98 Å². The Bertz CT molecular complexity index is 373. The Hall–Kier alpha value is -0.550. The normalized spacial score (nSPS) is 20.6. The van der Waals surface area contributed by atoms with E-state index in [2.05, 4.69) is 29.1 Å². The van der Waals surface area contributed by atoms with Gasteiger partial charge < -0.3 is 5.32 Å². The smallest absolute Gasteiger partial charge is 0.156 e. The molecule has 0 bridgehead atoms. The predicted octanol–water partition coefficient (Wildman–Crippen LogP) is 2.53. The van der Waals surface area contributed by atoms with Crippen LogP contribution in [0.15, 0.2) is 11.2 Å². The number of thioether (sulfide) groups is 1. The van der Waals surface area contributed by atoms with Crippen LogP contribution in [0.1, 0.15) is 23.7 Å². The van der Waals surface area contributed by atoms with Gasteiger partial charge in [-0.3, -0.25) is 4.99 Å². The molecule has 88 valence electrons. The molecule has 0 saturated carbocycles. The van der Waals surface area contributed by atoms with Crippen LogP contribution in [-0.4, -0.2) is 22.4 Å². The summed E-state index contributed by atoms with van der Waals surface area (Å²) in [4.78, 5) is 10.2. The van der Waals surface area contributed by atoms with Crippen molar-refractivity contribution in [1.82, 2.24) is 10.3 Å². The molecule has 1 aromatic rings. The van der Waals surface area contributed by atoms with Gasteiger partial charge in [0.25, 0.3) is 0 Å². The SMILES string of the molecule is CCc1cnc(CNC2=NCC(C)CS2)s1. The molecule has 1 N–H and O–H groups in total. The monoisotopic (exact) mass is 255 g/mol. The summed E-state index contributed by atoms with van der Waals surface area (Å²) in [5.74, 6) is 1.88. The van der Waals surface area contributed by atoms with Gasteiger partial charge in [0.2, 0.25) is 0 Å². The second-order valence-electron chi connectivity index (χ2n) is 3.99. The molecule has 1 aliphatic heterocycles. The van der Waals surface area contributed by atoms with E-state index in [0.717, 1.165) is 29.7 Å². The molecule has 2 heterocycles. The van der Waals surface area contributed by atoms with Crippen LogP contribution in [0.2, 0.25) is 0 Å². The number of nitrogens with zero attached hydrogens (tertiary/aromatic N) is 2. The van der Waals surface area contributed by atoms with Crippen LogP contribution in [0.3, 0.4) is 0 Å². The highest BCUT2D eigenvalue weighted by Gasteiger charge is 2.11. The average molecular weight is 255 g/mol. The van der Waals surface area contributed by atoms with Gasteiger partial charge in [0.05, 0.1) is 6.54 Å². The minimum absolute atomic E-state index is 0.710. The Morgan fingerprint density at radius 1 is 1.56 bits per heavy atom. The second kappa shape index (κ2) is 5.68. The topological polar surface area (TPSA) is 37.3 Å². The highest BCUT2D eigenvalue weighted by atomic mass is 32.2. The zero-order chi connectivity index (χ0) is 11.4. The highest BCUT2D eigenvalue weighted by Crippen LogP contribution is 2.17. The number of thiazole rings is 1. The third-order valence-electron chi connectivity index (χ3n) is 2.39. The molecule has 0 aliphatic carbocycles. The molecule has 1 aromatic heterocycles. The maximum atomic E-state index is 4.50. The van der Waals surface area contributed by atoms with Crippen molar-refractivity contribution in [3.63, 3.8) is 0 Å². The van der Waals surface area contributed by atoms with Crippen LogP contribution in [-0.2, 0) is 13.0 Å². The highest BCUT2D eigenvalue weighted by molar-refractivity contribution is 8.13. The van der Waals surface area contributed by atoms with E-state index >= 15 is 0 Å². The summed E-state index contributed by atoms with van der Waals surface area (Å²) < 4.78 is 0. The molecule has 0 fully saturated rings. The molecule has 2 rings (SSSR count). The lowest BCUT2D eigenvalue weighted by molar-refractivity contribution is 0.669. The first-order valence-corrected chi connectivity index (χ1v) is 7.43. The minimum atomic E-state index is 0.710. The maximum absolute atomic E-state index is 4.50. The molecule has 3 nitrogen and oxygen atoms in total. The van der Waals surface area contributed by atoms with E-state index in [-0.39, 0.29) is 0 Å². The molecule has 16 heavy (non-hydrogen) atoms. The molecule has 1 unspecified atom stereocenters. The van der Waals surface area contributed by atoms with Gasteiger partial charge in [-0.15, -0.1) is 11.3 Å². The standard InChI is InChI=1S/C11H17N3S2/c1-3-9-5-12-10(16-9)6-14-11-13-4-8(2)7-15-11/h5,8H,3-4,6-7H2,1-2H3,(H,13,14). The number of aryl methyl sites for hydroxylation is 1. The third kappa shape index (κ3) is 3.22. The summed E-state index contributed by atoms with van der Waals surface area (Å²) >= 11 is 3.60. The van der Waals surface area contributed by atoms with Gasteiger partial charge >= 0.3 is 0 Å².